The molecule has 1 aliphatic rings. The van der Waals surface area contributed by atoms with Gasteiger partial charge in [0, 0.05) is 17.6 Å². The van der Waals surface area contributed by atoms with E-state index in [1.165, 1.54) is 0 Å². The Morgan fingerprint density at radius 2 is 1.52 bits per heavy atom. The lowest BCUT2D eigenvalue weighted by atomic mass is 9.82. The highest BCUT2D eigenvalue weighted by molar-refractivity contribution is 5.95. The van der Waals surface area contributed by atoms with Gasteiger partial charge in [-0.05, 0) is 74.2 Å². The summed E-state index contributed by atoms with van der Waals surface area (Å²) in [5.41, 5.74) is 2.84. The molecule has 0 radical (unpaired) electrons. The van der Waals surface area contributed by atoms with Crippen LogP contribution in [0.15, 0.2) is 54.6 Å². The summed E-state index contributed by atoms with van der Waals surface area (Å²) in [6, 6.07) is 13.0. The molecule has 1 amide bonds. The molecule has 0 spiro atoms. The maximum atomic E-state index is 12.5. The monoisotopic (exact) mass is 364 g/mol. The van der Waals surface area contributed by atoms with Gasteiger partial charge in [-0.3, -0.25) is 4.79 Å². The third kappa shape index (κ3) is 4.76. The Hall–Kier alpha value is -3.08. The minimum Gasteiger partial charge on any atom is -0.550 e. The first-order valence-electron chi connectivity index (χ1n) is 8.95. The average Bonchev–Trinajstić information content (AvgIpc) is 2.62. The Morgan fingerprint density at radius 1 is 0.926 bits per heavy atom. The molecule has 0 aliphatic heterocycles. The Balaban J connectivity index is 1.65. The van der Waals surface area contributed by atoms with E-state index in [9.17, 15) is 14.7 Å². The molecule has 0 fully saturated rings. The van der Waals surface area contributed by atoms with E-state index in [1.54, 1.807) is 30.3 Å². The number of rotatable bonds is 5. The minimum atomic E-state index is -1.18. The van der Waals surface area contributed by atoms with Crippen molar-refractivity contribution in [1.82, 2.24) is 0 Å². The van der Waals surface area contributed by atoms with Crippen molar-refractivity contribution in [1.29, 1.82) is 0 Å². The zero-order chi connectivity index (χ0) is 19.4. The van der Waals surface area contributed by atoms with Crippen LogP contribution < -0.4 is 15.2 Å². The number of aryl methyl sites for hydroxylation is 2. The number of aliphatic carboxylic acids is 1. The molecule has 0 bridgehead atoms. The Labute approximate surface area is 158 Å². The van der Waals surface area contributed by atoms with Crippen LogP contribution in [0.3, 0.4) is 0 Å². The highest BCUT2D eigenvalue weighted by atomic mass is 16.5. The zero-order valence-corrected chi connectivity index (χ0v) is 15.4. The number of carbonyl (C=O) groups excluding carboxylic acids is 2. The molecule has 5 heteroatoms. The van der Waals surface area contributed by atoms with Gasteiger partial charge < -0.3 is 20.0 Å². The van der Waals surface area contributed by atoms with Crippen LogP contribution in [-0.4, -0.2) is 11.9 Å². The Kier molecular flexibility index (Phi) is 5.60. The van der Waals surface area contributed by atoms with E-state index in [-0.39, 0.29) is 5.91 Å². The lowest BCUT2D eigenvalue weighted by Gasteiger charge is -2.28. The molecule has 3 rings (SSSR count). The largest absolute Gasteiger partial charge is 0.550 e. The summed E-state index contributed by atoms with van der Waals surface area (Å²) >= 11 is 0. The van der Waals surface area contributed by atoms with Crippen molar-refractivity contribution in [3.63, 3.8) is 0 Å². The van der Waals surface area contributed by atoms with Gasteiger partial charge in [-0.25, -0.2) is 0 Å². The molecule has 1 N–H and O–H groups in total. The standard InChI is InChI=1S/C22H23NO4/c1-14-11-15(2)13-18(12-14)27-17-9-7-16(8-10-17)23-21(24)19-5-3-4-6-20(19)22(25)26/h3-4,7-13,19-20H,5-6H2,1-2H3,(H,23,24)(H,25,26)/p-1/t19-,20+/m0/s1. The maximum absolute atomic E-state index is 12.5. The smallest absolute Gasteiger partial charge is 0.228 e. The van der Waals surface area contributed by atoms with Crippen molar-refractivity contribution in [3.8, 4) is 11.5 Å². The number of allylic oxidation sites excluding steroid dienone is 2. The van der Waals surface area contributed by atoms with Crippen LogP contribution in [-0.2, 0) is 9.59 Å². The third-order valence-electron chi connectivity index (χ3n) is 4.62. The van der Waals surface area contributed by atoms with Crippen molar-refractivity contribution in [2.24, 2.45) is 11.8 Å². The molecule has 0 saturated carbocycles. The van der Waals surface area contributed by atoms with E-state index in [0.717, 1.165) is 16.9 Å². The van der Waals surface area contributed by atoms with Crippen molar-refractivity contribution >= 4 is 17.6 Å². The summed E-state index contributed by atoms with van der Waals surface area (Å²) < 4.78 is 5.86. The topological polar surface area (TPSA) is 78.5 Å². The predicted octanol–water partition coefficient (Wildman–Crippen LogP) is 3.37. The number of amides is 1. The normalized spacial score (nSPS) is 18.7. The van der Waals surface area contributed by atoms with Crippen LogP contribution in [0.4, 0.5) is 5.69 Å². The van der Waals surface area contributed by atoms with E-state index in [4.69, 9.17) is 4.74 Å². The SMILES string of the molecule is Cc1cc(C)cc(Oc2ccc(NC(=O)[C@H]3CC=CC[C@H]3C(=O)[O-])cc2)c1. The van der Waals surface area contributed by atoms with Crippen molar-refractivity contribution in [2.45, 2.75) is 26.7 Å². The van der Waals surface area contributed by atoms with Crippen LogP contribution in [0.5, 0.6) is 11.5 Å². The predicted molar refractivity (Wildman–Crippen MR) is 101 cm³/mol. The van der Waals surface area contributed by atoms with Gasteiger partial charge in [0.2, 0.25) is 5.91 Å². The number of carbonyl (C=O) groups is 2. The number of anilines is 1. The van der Waals surface area contributed by atoms with Crippen molar-refractivity contribution < 1.29 is 19.4 Å². The summed E-state index contributed by atoms with van der Waals surface area (Å²) in [6.45, 7) is 4.03. The molecule has 2 aromatic carbocycles. The molecule has 2 aromatic rings. The molecular weight excluding hydrogens is 342 g/mol. The number of hydrogen-bond donors (Lipinski definition) is 1. The molecular formula is C22H22NO4-. The van der Waals surface area contributed by atoms with Gasteiger partial charge in [-0.15, -0.1) is 0 Å². The van der Waals surface area contributed by atoms with Crippen LogP contribution in [0.2, 0.25) is 0 Å². The van der Waals surface area contributed by atoms with Gasteiger partial charge in [0.15, 0.2) is 0 Å². The fraction of sp³-hybridized carbons (Fsp3) is 0.273. The summed E-state index contributed by atoms with van der Waals surface area (Å²) in [5, 5.41) is 14.0. The lowest BCUT2D eigenvalue weighted by molar-refractivity contribution is -0.313. The third-order valence-corrected chi connectivity index (χ3v) is 4.62. The second kappa shape index (κ2) is 8.08. The van der Waals surface area contributed by atoms with Gasteiger partial charge in [-0.2, -0.15) is 0 Å². The zero-order valence-electron chi connectivity index (χ0n) is 15.4. The highest BCUT2D eigenvalue weighted by Gasteiger charge is 2.29. The number of nitrogens with one attached hydrogen (secondary N) is 1. The first-order chi connectivity index (χ1) is 12.9. The fourth-order valence-electron chi connectivity index (χ4n) is 3.33. The number of hydrogen-bond acceptors (Lipinski definition) is 4. The van der Waals surface area contributed by atoms with Crippen LogP contribution in [0.1, 0.15) is 24.0 Å². The van der Waals surface area contributed by atoms with Gasteiger partial charge in [0.25, 0.3) is 0 Å². The molecule has 1 aliphatic carbocycles. The number of benzene rings is 2. The minimum absolute atomic E-state index is 0.309. The van der Waals surface area contributed by atoms with Crippen LogP contribution >= 0.6 is 0 Å². The maximum Gasteiger partial charge on any atom is 0.228 e. The second-order valence-corrected chi connectivity index (χ2v) is 6.91. The van der Waals surface area contributed by atoms with E-state index in [0.29, 0.717) is 24.3 Å². The van der Waals surface area contributed by atoms with E-state index in [1.807, 2.05) is 32.1 Å². The van der Waals surface area contributed by atoms with E-state index >= 15 is 0 Å². The van der Waals surface area contributed by atoms with Gasteiger partial charge in [-0.1, -0.05) is 18.2 Å². The molecule has 0 heterocycles. The lowest BCUT2D eigenvalue weighted by Crippen LogP contribution is -2.41. The van der Waals surface area contributed by atoms with Gasteiger partial charge in [0.05, 0.1) is 5.92 Å². The van der Waals surface area contributed by atoms with Crippen molar-refractivity contribution in [3.05, 3.63) is 65.7 Å². The summed E-state index contributed by atoms with van der Waals surface area (Å²) in [6.07, 6.45) is 4.34. The van der Waals surface area contributed by atoms with E-state index < -0.39 is 17.8 Å². The first-order valence-corrected chi connectivity index (χ1v) is 8.95. The van der Waals surface area contributed by atoms with Crippen molar-refractivity contribution in [2.75, 3.05) is 5.32 Å². The first kappa shape index (κ1) is 18.7. The summed E-state index contributed by atoms with van der Waals surface area (Å²) in [7, 11) is 0. The molecule has 2 atom stereocenters. The molecule has 0 aromatic heterocycles. The highest BCUT2D eigenvalue weighted by Crippen LogP contribution is 2.28. The summed E-state index contributed by atoms with van der Waals surface area (Å²) in [4.78, 5) is 23.7. The average molecular weight is 364 g/mol. The van der Waals surface area contributed by atoms with Crippen LogP contribution in [0.25, 0.3) is 0 Å². The second-order valence-electron chi connectivity index (χ2n) is 6.91. The molecule has 27 heavy (non-hydrogen) atoms. The molecule has 0 unspecified atom stereocenters. The van der Waals surface area contributed by atoms with Gasteiger partial charge in [0.1, 0.15) is 11.5 Å². The molecule has 140 valence electrons. The Bertz CT molecular complexity index is 850. The van der Waals surface area contributed by atoms with Gasteiger partial charge >= 0.3 is 0 Å². The Morgan fingerprint density at radius 3 is 2.11 bits per heavy atom. The molecule has 5 nitrogen and oxygen atoms in total. The van der Waals surface area contributed by atoms with Crippen LogP contribution in [0, 0.1) is 25.7 Å². The van der Waals surface area contributed by atoms with E-state index in [2.05, 4.69) is 11.4 Å². The fourth-order valence-corrected chi connectivity index (χ4v) is 3.33. The number of carboxylic acid groups (broad SMARTS) is 1. The molecule has 0 saturated heterocycles. The number of carboxylic acids is 1. The summed E-state index contributed by atoms with van der Waals surface area (Å²) in [5.74, 6) is -1.48. The number of ether oxygens (including phenoxy) is 1. The quantitative estimate of drug-likeness (QED) is 0.825.